The van der Waals surface area contributed by atoms with Crippen LogP contribution >= 0.6 is 0 Å². The second-order valence-corrected chi connectivity index (χ2v) is 2.79. The standard InChI is InChI=1S/C10H12FNO3/c1-12(14-2)10(13)7-15-9-6-4-3-5-8(9)11/h3-6H,7H2,1-2H3. The number of benzene rings is 1. The molecular weight excluding hydrogens is 201 g/mol. The molecule has 0 atom stereocenters. The van der Waals surface area contributed by atoms with Crippen LogP contribution in [-0.2, 0) is 9.63 Å². The fraction of sp³-hybridized carbons (Fsp3) is 0.300. The van der Waals surface area contributed by atoms with Gasteiger partial charge in [0.25, 0.3) is 5.91 Å². The number of likely N-dealkylation sites (N-methyl/N-ethyl adjacent to an activating group) is 1. The van der Waals surface area contributed by atoms with E-state index in [1.807, 2.05) is 0 Å². The van der Waals surface area contributed by atoms with Crippen molar-refractivity contribution in [2.75, 3.05) is 20.8 Å². The summed E-state index contributed by atoms with van der Waals surface area (Å²) in [6.45, 7) is -0.259. The molecule has 1 aromatic carbocycles. The molecule has 1 amide bonds. The van der Waals surface area contributed by atoms with Gasteiger partial charge in [0, 0.05) is 7.05 Å². The molecule has 0 aliphatic rings. The number of nitrogens with zero attached hydrogens (tertiary/aromatic N) is 1. The number of ether oxygens (including phenoxy) is 1. The van der Waals surface area contributed by atoms with Crippen LogP contribution in [0.15, 0.2) is 24.3 Å². The van der Waals surface area contributed by atoms with Gasteiger partial charge in [-0.1, -0.05) is 12.1 Å². The van der Waals surface area contributed by atoms with E-state index in [9.17, 15) is 9.18 Å². The van der Waals surface area contributed by atoms with Crippen molar-refractivity contribution in [1.82, 2.24) is 5.06 Å². The molecule has 0 radical (unpaired) electrons. The van der Waals surface area contributed by atoms with Crippen LogP contribution in [0.3, 0.4) is 0 Å². The molecule has 4 nitrogen and oxygen atoms in total. The molecule has 0 N–H and O–H groups in total. The molecule has 0 saturated heterocycles. The summed E-state index contributed by atoms with van der Waals surface area (Å²) in [5.41, 5.74) is 0. The first-order chi connectivity index (χ1) is 7.15. The van der Waals surface area contributed by atoms with E-state index in [-0.39, 0.29) is 18.3 Å². The Morgan fingerprint density at radius 3 is 2.73 bits per heavy atom. The highest BCUT2D eigenvalue weighted by Gasteiger charge is 2.10. The van der Waals surface area contributed by atoms with E-state index in [1.54, 1.807) is 12.1 Å². The molecule has 5 heteroatoms. The third kappa shape index (κ3) is 3.21. The molecule has 0 spiro atoms. The third-order valence-corrected chi connectivity index (χ3v) is 1.81. The van der Waals surface area contributed by atoms with Crippen LogP contribution in [0.5, 0.6) is 5.75 Å². The summed E-state index contributed by atoms with van der Waals surface area (Å²) < 4.78 is 18.0. The van der Waals surface area contributed by atoms with E-state index >= 15 is 0 Å². The number of hydroxylamine groups is 2. The maximum Gasteiger partial charge on any atom is 0.283 e. The number of halogens is 1. The molecule has 0 unspecified atom stereocenters. The highest BCUT2D eigenvalue weighted by molar-refractivity contribution is 5.76. The number of para-hydroxylation sites is 1. The highest BCUT2D eigenvalue weighted by atomic mass is 19.1. The summed E-state index contributed by atoms with van der Waals surface area (Å²) in [7, 11) is 2.81. The fourth-order valence-corrected chi connectivity index (χ4v) is 0.894. The van der Waals surface area contributed by atoms with Crippen LogP contribution in [0.1, 0.15) is 0 Å². The summed E-state index contributed by atoms with van der Waals surface area (Å²) in [5.74, 6) is -0.832. The maximum absolute atomic E-state index is 13.0. The molecule has 0 aliphatic carbocycles. The lowest BCUT2D eigenvalue weighted by atomic mass is 10.3. The Balaban J connectivity index is 2.51. The van der Waals surface area contributed by atoms with E-state index < -0.39 is 5.82 Å². The molecule has 0 heterocycles. The van der Waals surface area contributed by atoms with Crippen LogP contribution in [0.4, 0.5) is 4.39 Å². The Kier molecular flexibility index (Phi) is 4.05. The predicted octanol–water partition coefficient (Wildman–Crippen LogP) is 1.22. The number of carbonyl (C=O) groups excluding carboxylic acids is 1. The molecule has 1 aromatic rings. The zero-order valence-corrected chi connectivity index (χ0v) is 8.57. The van der Waals surface area contributed by atoms with Crippen LogP contribution in [0.2, 0.25) is 0 Å². The molecule has 0 fully saturated rings. The summed E-state index contributed by atoms with van der Waals surface area (Å²) in [5, 5.41) is 1.01. The molecule has 1 rings (SSSR count). The third-order valence-electron chi connectivity index (χ3n) is 1.81. The van der Waals surface area contributed by atoms with Gasteiger partial charge in [-0.2, -0.15) is 0 Å². The number of hydrogen-bond donors (Lipinski definition) is 0. The molecule has 0 aliphatic heterocycles. The predicted molar refractivity (Wildman–Crippen MR) is 51.7 cm³/mol. The SMILES string of the molecule is CON(C)C(=O)COc1ccccc1F. The highest BCUT2D eigenvalue weighted by Crippen LogP contribution is 2.15. The van der Waals surface area contributed by atoms with Gasteiger partial charge in [-0.25, -0.2) is 9.45 Å². The van der Waals surface area contributed by atoms with Crippen molar-refractivity contribution >= 4 is 5.91 Å². The number of rotatable bonds is 4. The Hall–Kier alpha value is -1.62. The van der Waals surface area contributed by atoms with Crippen molar-refractivity contribution in [3.8, 4) is 5.75 Å². The van der Waals surface area contributed by atoms with E-state index in [0.717, 1.165) is 5.06 Å². The fourth-order valence-electron chi connectivity index (χ4n) is 0.894. The van der Waals surface area contributed by atoms with Crippen molar-refractivity contribution in [3.63, 3.8) is 0 Å². The van der Waals surface area contributed by atoms with E-state index in [2.05, 4.69) is 4.84 Å². The van der Waals surface area contributed by atoms with Crippen LogP contribution in [-0.4, -0.2) is 31.7 Å². The van der Waals surface area contributed by atoms with Gasteiger partial charge in [0.15, 0.2) is 18.2 Å². The van der Waals surface area contributed by atoms with Crippen LogP contribution < -0.4 is 4.74 Å². The van der Waals surface area contributed by atoms with Gasteiger partial charge in [-0.15, -0.1) is 0 Å². The number of amides is 1. The first kappa shape index (κ1) is 11.5. The van der Waals surface area contributed by atoms with Crippen LogP contribution in [0.25, 0.3) is 0 Å². The largest absolute Gasteiger partial charge is 0.481 e. The Morgan fingerprint density at radius 1 is 1.47 bits per heavy atom. The van der Waals surface area contributed by atoms with E-state index in [0.29, 0.717) is 0 Å². The zero-order valence-electron chi connectivity index (χ0n) is 8.57. The minimum atomic E-state index is -0.495. The van der Waals surface area contributed by atoms with Gasteiger partial charge >= 0.3 is 0 Å². The Labute approximate surface area is 87.2 Å². The van der Waals surface area contributed by atoms with E-state index in [1.165, 1.54) is 26.3 Å². The minimum Gasteiger partial charge on any atom is -0.481 e. The molecule has 0 saturated carbocycles. The lowest BCUT2D eigenvalue weighted by molar-refractivity contribution is -0.170. The average molecular weight is 213 g/mol. The normalized spacial score (nSPS) is 9.80. The van der Waals surface area contributed by atoms with Crippen molar-refractivity contribution in [2.45, 2.75) is 0 Å². The van der Waals surface area contributed by atoms with Crippen molar-refractivity contribution < 1.29 is 18.8 Å². The lowest BCUT2D eigenvalue weighted by Crippen LogP contribution is -2.30. The smallest absolute Gasteiger partial charge is 0.283 e. The minimum absolute atomic E-state index is 0.0513. The van der Waals surface area contributed by atoms with Crippen molar-refractivity contribution in [2.24, 2.45) is 0 Å². The second-order valence-electron chi connectivity index (χ2n) is 2.79. The Morgan fingerprint density at radius 2 is 2.13 bits per heavy atom. The van der Waals surface area contributed by atoms with Gasteiger partial charge in [-0.05, 0) is 12.1 Å². The summed E-state index contributed by atoms with van der Waals surface area (Å²) in [4.78, 5) is 15.9. The first-order valence-corrected chi connectivity index (χ1v) is 4.33. The maximum atomic E-state index is 13.0. The molecule has 15 heavy (non-hydrogen) atoms. The van der Waals surface area contributed by atoms with Crippen molar-refractivity contribution in [3.05, 3.63) is 30.1 Å². The number of carbonyl (C=O) groups is 1. The van der Waals surface area contributed by atoms with Gasteiger partial charge in [0.1, 0.15) is 0 Å². The van der Waals surface area contributed by atoms with Gasteiger partial charge in [0.2, 0.25) is 0 Å². The number of hydrogen-bond acceptors (Lipinski definition) is 3. The van der Waals surface area contributed by atoms with Gasteiger partial charge in [-0.3, -0.25) is 9.63 Å². The summed E-state index contributed by atoms with van der Waals surface area (Å²) in [6.07, 6.45) is 0. The molecule has 0 bridgehead atoms. The second kappa shape index (κ2) is 5.31. The monoisotopic (exact) mass is 213 g/mol. The topological polar surface area (TPSA) is 38.8 Å². The zero-order chi connectivity index (χ0) is 11.3. The van der Waals surface area contributed by atoms with Crippen LogP contribution in [0, 0.1) is 5.82 Å². The molecule has 0 aromatic heterocycles. The average Bonchev–Trinajstić information content (AvgIpc) is 2.26. The lowest BCUT2D eigenvalue weighted by Gasteiger charge is -2.14. The molecular formula is C10H12FNO3. The Bertz CT molecular complexity index is 343. The summed E-state index contributed by atoms with van der Waals surface area (Å²) >= 11 is 0. The molecule has 82 valence electrons. The van der Waals surface area contributed by atoms with Gasteiger partial charge < -0.3 is 4.74 Å². The summed E-state index contributed by atoms with van der Waals surface area (Å²) in [6, 6.07) is 5.89. The van der Waals surface area contributed by atoms with Crippen molar-refractivity contribution in [1.29, 1.82) is 0 Å². The first-order valence-electron chi connectivity index (χ1n) is 4.33. The van der Waals surface area contributed by atoms with Gasteiger partial charge in [0.05, 0.1) is 7.11 Å². The van der Waals surface area contributed by atoms with E-state index in [4.69, 9.17) is 4.74 Å². The quantitative estimate of drug-likeness (QED) is 0.706.